The zero-order valence-electron chi connectivity index (χ0n) is 18.5. The number of benzene rings is 1. The Morgan fingerprint density at radius 3 is 2.88 bits per heavy atom. The fourth-order valence-corrected chi connectivity index (χ4v) is 4.19. The zero-order valence-corrected chi connectivity index (χ0v) is 19.3. The lowest BCUT2D eigenvalue weighted by molar-refractivity contribution is -0.00159. The second kappa shape index (κ2) is 9.36. The quantitative estimate of drug-likeness (QED) is 0.574. The summed E-state index contributed by atoms with van der Waals surface area (Å²) in [6, 6.07) is 6.23. The molecule has 0 unspecified atom stereocenters. The summed E-state index contributed by atoms with van der Waals surface area (Å²) in [5, 5.41) is 0.776. The van der Waals surface area contributed by atoms with Crippen LogP contribution in [0.1, 0.15) is 26.3 Å². The minimum Gasteiger partial charge on any atom is -0.479 e. The number of aromatic amines is 1. The summed E-state index contributed by atoms with van der Waals surface area (Å²) < 4.78 is 24.7. The van der Waals surface area contributed by atoms with Crippen LogP contribution in [0.3, 0.4) is 0 Å². The summed E-state index contributed by atoms with van der Waals surface area (Å²) in [6.45, 7) is 1.01. The van der Waals surface area contributed by atoms with E-state index < -0.39 is 11.7 Å². The van der Waals surface area contributed by atoms with Crippen molar-refractivity contribution in [3.05, 3.63) is 58.1 Å². The van der Waals surface area contributed by atoms with Crippen LogP contribution in [-0.2, 0) is 11.2 Å². The van der Waals surface area contributed by atoms with Gasteiger partial charge in [0.2, 0.25) is 0 Å². The maximum Gasteiger partial charge on any atom is 0.257 e. The predicted octanol–water partition coefficient (Wildman–Crippen LogP) is 3.15. The molecular formula is C23H24ClFN4O4. The molecule has 0 spiro atoms. The monoisotopic (exact) mass is 474 g/mol. The van der Waals surface area contributed by atoms with Crippen LogP contribution in [-0.4, -0.2) is 78.6 Å². The van der Waals surface area contributed by atoms with E-state index in [-0.39, 0.29) is 28.5 Å². The van der Waals surface area contributed by atoms with Crippen LogP contribution in [0.5, 0.6) is 5.88 Å². The normalized spacial score (nSPS) is 16.2. The molecule has 10 heteroatoms. The Labute approximate surface area is 195 Å². The number of rotatable bonds is 5. The first-order chi connectivity index (χ1) is 15.8. The van der Waals surface area contributed by atoms with Gasteiger partial charge in [0.15, 0.2) is 5.82 Å². The number of fused-ring (bicyclic) bond motifs is 1. The third-order valence-corrected chi connectivity index (χ3v) is 5.97. The number of nitrogens with zero attached hydrogens (tertiary/aromatic N) is 3. The average molecular weight is 475 g/mol. The number of ether oxygens (including phenoxy) is 2. The highest BCUT2D eigenvalue weighted by Gasteiger charge is 2.31. The molecule has 0 bridgehead atoms. The fraction of sp³-hybridized carbons (Fsp3) is 0.348. The van der Waals surface area contributed by atoms with E-state index >= 15 is 0 Å². The molecule has 0 saturated carbocycles. The van der Waals surface area contributed by atoms with E-state index in [1.165, 1.54) is 12.0 Å². The van der Waals surface area contributed by atoms with Gasteiger partial charge in [0.05, 0.1) is 31.9 Å². The molecule has 8 nitrogen and oxygen atoms in total. The van der Waals surface area contributed by atoms with Gasteiger partial charge in [-0.15, -0.1) is 0 Å². The summed E-state index contributed by atoms with van der Waals surface area (Å²) >= 11 is 6.16. The van der Waals surface area contributed by atoms with Crippen LogP contribution in [0.2, 0.25) is 5.15 Å². The Balaban J connectivity index is 1.63. The molecule has 1 fully saturated rings. The van der Waals surface area contributed by atoms with E-state index in [4.69, 9.17) is 21.1 Å². The number of carbonyl (C=O) groups excluding carboxylic acids is 2. The molecule has 4 rings (SSSR count). The Morgan fingerprint density at radius 1 is 1.36 bits per heavy atom. The fourth-order valence-electron chi connectivity index (χ4n) is 3.98. The van der Waals surface area contributed by atoms with E-state index in [9.17, 15) is 14.0 Å². The molecule has 0 aliphatic carbocycles. The molecule has 0 radical (unpaired) electrons. The second-order valence-electron chi connectivity index (χ2n) is 8.02. The lowest BCUT2D eigenvalue weighted by Gasteiger charge is -2.36. The lowest BCUT2D eigenvalue weighted by atomic mass is 10.0. The molecular weight excluding hydrogens is 451 g/mol. The predicted molar refractivity (Wildman–Crippen MR) is 121 cm³/mol. The second-order valence-corrected chi connectivity index (χ2v) is 8.38. The van der Waals surface area contributed by atoms with E-state index in [1.54, 1.807) is 25.1 Å². The number of amides is 2. The van der Waals surface area contributed by atoms with Crippen LogP contribution >= 0.6 is 11.6 Å². The van der Waals surface area contributed by atoms with Crippen molar-refractivity contribution in [3.63, 3.8) is 0 Å². The van der Waals surface area contributed by atoms with Crippen molar-refractivity contribution in [2.24, 2.45) is 0 Å². The standard InChI is InChI=1S/C23H24ClFN4O4/c1-28(2)22(30)13-4-5-19-16(9-13)14(11-26-19)8-15-12-33-7-6-29(15)23(31)17-10-18(25)21(32-3)27-20(17)24/h4-5,9-11,15,26H,6-8,12H2,1-3H3/t15-/m0/s1. The number of hydrogen-bond acceptors (Lipinski definition) is 5. The third kappa shape index (κ3) is 4.51. The Morgan fingerprint density at radius 2 is 2.15 bits per heavy atom. The van der Waals surface area contributed by atoms with Gasteiger partial charge in [-0.2, -0.15) is 4.98 Å². The van der Waals surface area contributed by atoms with Crippen molar-refractivity contribution in [3.8, 4) is 5.88 Å². The van der Waals surface area contributed by atoms with Gasteiger partial charge in [0.1, 0.15) is 5.15 Å². The van der Waals surface area contributed by atoms with Gasteiger partial charge in [-0.05, 0) is 36.2 Å². The summed E-state index contributed by atoms with van der Waals surface area (Å²) in [6.07, 6.45) is 2.35. The maximum atomic E-state index is 14.2. The topological polar surface area (TPSA) is 87.8 Å². The van der Waals surface area contributed by atoms with Gasteiger partial charge in [0, 0.05) is 43.3 Å². The molecule has 3 heterocycles. The van der Waals surface area contributed by atoms with E-state index in [1.807, 2.05) is 18.3 Å². The minimum absolute atomic E-state index is 0.0281. The molecule has 33 heavy (non-hydrogen) atoms. The van der Waals surface area contributed by atoms with Gasteiger partial charge in [0.25, 0.3) is 17.7 Å². The number of carbonyl (C=O) groups is 2. The molecule has 1 aliphatic rings. The van der Waals surface area contributed by atoms with Crippen molar-refractivity contribution in [2.75, 3.05) is 41.0 Å². The molecule has 1 aliphatic heterocycles. The first kappa shape index (κ1) is 23.0. The summed E-state index contributed by atoms with van der Waals surface area (Å²) in [5.74, 6) is -1.54. The van der Waals surface area contributed by atoms with Crippen molar-refractivity contribution in [2.45, 2.75) is 12.5 Å². The highest BCUT2D eigenvalue weighted by molar-refractivity contribution is 6.32. The summed E-state index contributed by atoms with van der Waals surface area (Å²) in [7, 11) is 4.69. The highest BCUT2D eigenvalue weighted by Crippen LogP contribution is 2.27. The maximum absolute atomic E-state index is 14.2. The Kier molecular flexibility index (Phi) is 6.53. The average Bonchev–Trinajstić information content (AvgIpc) is 3.21. The highest BCUT2D eigenvalue weighted by atomic mass is 35.5. The van der Waals surface area contributed by atoms with Crippen LogP contribution in [0.25, 0.3) is 10.9 Å². The van der Waals surface area contributed by atoms with Crippen molar-refractivity contribution >= 4 is 34.3 Å². The van der Waals surface area contributed by atoms with E-state index in [0.717, 1.165) is 22.5 Å². The first-order valence-electron chi connectivity index (χ1n) is 10.4. The molecule has 1 N–H and O–H groups in total. The van der Waals surface area contributed by atoms with Crippen molar-refractivity contribution in [1.82, 2.24) is 19.8 Å². The van der Waals surface area contributed by atoms with Gasteiger partial charge in [-0.1, -0.05) is 11.6 Å². The summed E-state index contributed by atoms with van der Waals surface area (Å²) in [5.41, 5.74) is 2.38. The van der Waals surface area contributed by atoms with E-state index in [0.29, 0.717) is 31.7 Å². The number of pyridine rings is 1. The van der Waals surface area contributed by atoms with Crippen molar-refractivity contribution < 1.29 is 23.5 Å². The van der Waals surface area contributed by atoms with Crippen LogP contribution < -0.4 is 4.74 Å². The molecule has 1 aromatic carbocycles. The van der Waals surface area contributed by atoms with Gasteiger partial charge < -0.3 is 24.3 Å². The van der Waals surface area contributed by atoms with Crippen LogP contribution in [0.4, 0.5) is 4.39 Å². The van der Waals surface area contributed by atoms with Crippen LogP contribution in [0.15, 0.2) is 30.5 Å². The molecule has 2 aromatic heterocycles. The van der Waals surface area contributed by atoms with E-state index in [2.05, 4.69) is 9.97 Å². The first-order valence-corrected chi connectivity index (χ1v) is 10.8. The number of morpholine rings is 1. The number of H-pyrrole nitrogens is 1. The number of hydrogen-bond donors (Lipinski definition) is 1. The zero-order chi connectivity index (χ0) is 23.7. The molecule has 1 saturated heterocycles. The Bertz CT molecular complexity index is 1210. The Hall–Kier alpha value is -3.17. The summed E-state index contributed by atoms with van der Waals surface area (Å²) in [4.78, 5) is 35.9. The molecule has 3 aromatic rings. The molecule has 174 valence electrons. The number of aromatic nitrogens is 2. The minimum atomic E-state index is -0.759. The third-order valence-electron chi connectivity index (χ3n) is 5.69. The van der Waals surface area contributed by atoms with Crippen molar-refractivity contribution in [1.29, 1.82) is 0 Å². The number of halogens is 2. The molecule has 2 amide bonds. The number of nitrogens with one attached hydrogen (secondary N) is 1. The van der Waals surface area contributed by atoms with Crippen LogP contribution in [0, 0.1) is 5.82 Å². The largest absolute Gasteiger partial charge is 0.479 e. The SMILES string of the molecule is COc1nc(Cl)c(C(=O)N2CCOC[C@@H]2Cc2c[nH]c3ccc(C(=O)N(C)C)cc23)cc1F. The van der Waals surface area contributed by atoms with Gasteiger partial charge in [-0.25, -0.2) is 4.39 Å². The smallest absolute Gasteiger partial charge is 0.257 e. The van der Waals surface area contributed by atoms with Gasteiger partial charge in [-0.3, -0.25) is 9.59 Å². The molecule has 1 atom stereocenters. The lowest BCUT2D eigenvalue weighted by Crippen LogP contribution is -2.49. The number of methoxy groups -OCH3 is 1. The van der Waals surface area contributed by atoms with Gasteiger partial charge >= 0.3 is 0 Å².